The number of sulfone groups is 1. The number of aryl methyl sites for hydroxylation is 2. The summed E-state index contributed by atoms with van der Waals surface area (Å²) >= 11 is 6.53. The fourth-order valence-electron chi connectivity index (χ4n) is 4.39. The van der Waals surface area contributed by atoms with Crippen LogP contribution in [0.25, 0.3) is 28.0 Å². The zero-order valence-electron chi connectivity index (χ0n) is 18.7. The van der Waals surface area contributed by atoms with Crippen LogP contribution in [0.1, 0.15) is 28.0 Å². The number of hydrogen-bond donors (Lipinski definition) is 1. The van der Waals surface area contributed by atoms with Crippen molar-refractivity contribution in [3.8, 4) is 22.4 Å². The molecule has 0 bridgehead atoms. The SMILES string of the molecule is Cc1ccc(-c2c(-c3ccccc3Cl)cnc3c(C(=O)N[C@@H]4CCS(=O)(=O)C4)c(C)nn23)cc1. The van der Waals surface area contributed by atoms with Crippen LogP contribution in [-0.2, 0) is 9.84 Å². The number of aromatic nitrogens is 3. The third-order valence-corrected chi connectivity index (χ3v) is 8.20. The van der Waals surface area contributed by atoms with Crippen molar-refractivity contribution in [3.63, 3.8) is 0 Å². The van der Waals surface area contributed by atoms with Crippen molar-refractivity contribution in [2.24, 2.45) is 0 Å². The lowest BCUT2D eigenvalue weighted by Crippen LogP contribution is -2.35. The Morgan fingerprint density at radius 2 is 1.82 bits per heavy atom. The number of hydrogen-bond acceptors (Lipinski definition) is 5. The first-order chi connectivity index (χ1) is 16.2. The van der Waals surface area contributed by atoms with Gasteiger partial charge >= 0.3 is 0 Å². The highest BCUT2D eigenvalue weighted by molar-refractivity contribution is 7.91. The lowest BCUT2D eigenvalue weighted by atomic mass is 10.00. The molecule has 5 rings (SSSR count). The largest absolute Gasteiger partial charge is 0.348 e. The Bertz CT molecular complexity index is 1530. The minimum absolute atomic E-state index is 0.0459. The van der Waals surface area contributed by atoms with E-state index in [0.29, 0.717) is 28.3 Å². The van der Waals surface area contributed by atoms with Gasteiger partial charge in [-0.15, -0.1) is 0 Å². The summed E-state index contributed by atoms with van der Waals surface area (Å²) in [5.41, 5.74) is 5.65. The van der Waals surface area contributed by atoms with Crippen molar-refractivity contribution in [2.45, 2.75) is 26.3 Å². The van der Waals surface area contributed by atoms with Gasteiger partial charge in [0, 0.05) is 34.0 Å². The van der Waals surface area contributed by atoms with E-state index in [4.69, 9.17) is 11.6 Å². The molecule has 7 nitrogen and oxygen atoms in total. The Hall–Kier alpha value is -3.23. The number of halogens is 1. The third kappa shape index (κ3) is 4.08. The molecule has 1 aliphatic rings. The Morgan fingerprint density at radius 1 is 1.09 bits per heavy atom. The molecular formula is C25H23ClN4O3S. The van der Waals surface area contributed by atoms with E-state index in [9.17, 15) is 13.2 Å². The zero-order chi connectivity index (χ0) is 24.0. The van der Waals surface area contributed by atoms with Gasteiger partial charge in [0.25, 0.3) is 5.91 Å². The molecule has 1 atom stereocenters. The molecule has 1 fully saturated rings. The van der Waals surface area contributed by atoms with Crippen molar-refractivity contribution < 1.29 is 13.2 Å². The molecule has 34 heavy (non-hydrogen) atoms. The molecule has 9 heteroatoms. The maximum Gasteiger partial charge on any atom is 0.257 e. The molecule has 0 radical (unpaired) electrons. The number of nitrogens with one attached hydrogen (secondary N) is 1. The molecule has 1 N–H and O–H groups in total. The van der Waals surface area contributed by atoms with Crippen molar-refractivity contribution in [1.29, 1.82) is 0 Å². The molecule has 2 aromatic carbocycles. The van der Waals surface area contributed by atoms with Crippen LogP contribution in [0.5, 0.6) is 0 Å². The minimum Gasteiger partial charge on any atom is -0.348 e. The van der Waals surface area contributed by atoms with E-state index < -0.39 is 15.9 Å². The smallest absolute Gasteiger partial charge is 0.257 e. The molecular weight excluding hydrogens is 472 g/mol. The maximum absolute atomic E-state index is 13.2. The van der Waals surface area contributed by atoms with E-state index in [1.807, 2.05) is 55.5 Å². The topological polar surface area (TPSA) is 93.4 Å². The van der Waals surface area contributed by atoms with Gasteiger partial charge in [-0.3, -0.25) is 4.79 Å². The number of rotatable bonds is 4. The van der Waals surface area contributed by atoms with Gasteiger partial charge in [0.2, 0.25) is 0 Å². The summed E-state index contributed by atoms with van der Waals surface area (Å²) in [6.45, 7) is 3.77. The summed E-state index contributed by atoms with van der Waals surface area (Å²) < 4.78 is 25.3. The van der Waals surface area contributed by atoms with Gasteiger partial charge in [0.15, 0.2) is 15.5 Å². The standard InChI is InChI=1S/C25H23ClN4O3S/c1-15-7-9-17(10-8-15)23-20(19-5-3-4-6-21(19)26)13-27-24-22(16(2)29-30(23)24)25(31)28-18-11-12-34(32,33)14-18/h3-10,13,18H,11-12,14H2,1-2H3,(H,28,31)/t18-/m1/s1. The fourth-order valence-corrected chi connectivity index (χ4v) is 6.30. The van der Waals surface area contributed by atoms with E-state index in [1.165, 1.54) is 0 Å². The predicted octanol–water partition coefficient (Wildman–Crippen LogP) is 4.25. The third-order valence-electron chi connectivity index (χ3n) is 6.10. The van der Waals surface area contributed by atoms with Crippen LogP contribution in [-0.4, -0.2) is 46.5 Å². The van der Waals surface area contributed by atoms with Crippen LogP contribution in [0, 0.1) is 13.8 Å². The molecule has 3 heterocycles. The second kappa shape index (κ2) is 8.52. The van der Waals surface area contributed by atoms with Gasteiger partial charge < -0.3 is 5.32 Å². The maximum atomic E-state index is 13.2. The first-order valence-corrected chi connectivity index (χ1v) is 13.1. The molecule has 1 aliphatic heterocycles. The van der Waals surface area contributed by atoms with Crippen molar-refractivity contribution in [2.75, 3.05) is 11.5 Å². The number of fused-ring (bicyclic) bond motifs is 1. The van der Waals surface area contributed by atoms with Gasteiger partial charge in [-0.25, -0.2) is 17.9 Å². The normalized spacial score (nSPS) is 17.2. The van der Waals surface area contributed by atoms with Crippen LogP contribution in [0.4, 0.5) is 0 Å². The second-order valence-electron chi connectivity index (χ2n) is 8.64. The van der Waals surface area contributed by atoms with Gasteiger partial charge in [-0.05, 0) is 26.3 Å². The van der Waals surface area contributed by atoms with E-state index >= 15 is 0 Å². The Kier molecular flexibility index (Phi) is 5.65. The first-order valence-electron chi connectivity index (χ1n) is 10.9. The van der Waals surface area contributed by atoms with Crippen LogP contribution in [0.15, 0.2) is 54.7 Å². The fraction of sp³-hybridized carbons (Fsp3) is 0.240. The highest BCUT2D eigenvalue weighted by Crippen LogP contribution is 2.36. The Labute approximate surface area is 202 Å². The second-order valence-corrected chi connectivity index (χ2v) is 11.3. The van der Waals surface area contributed by atoms with Crippen LogP contribution < -0.4 is 5.32 Å². The molecule has 1 saturated heterocycles. The summed E-state index contributed by atoms with van der Waals surface area (Å²) in [7, 11) is -3.11. The Morgan fingerprint density at radius 3 is 2.50 bits per heavy atom. The lowest BCUT2D eigenvalue weighted by Gasteiger charge is -2.14. The monoisotopic (exact) mass is 494 g/mol. The van der Waals surface area contributed by atoms with Gasteiger partial charge in [-0.1, -0.05) is 59.6 Å². The first kappa shape index (κ1) is 22.6. The van der Waals surface area contributed by atoms with E-state index in [2.05, 4.69) is 15.4 Å². The summed E-state index contributed by atoms with van der Waals surface area (Å²) in [5.74, 6) is -0.333. The number of nitrogens with zero attached hydrogens (tertiary/aromatic N) is 3. The van der Waals surface area contributed by atoms with Gasteiger partial charge in [-0.2, -0.15) is 5.10 Å². The highest BCUT2D eigenvalue weighted by atomic mass is 35.5. The summed E-state index contributed by atoms with van der Waals surface area (Å²) in [4.78, 5) is 17.8. The van der Waals surface area contributed by atoms with Crippen molar-refractivity contribution >= 4 is 33.0 Å². The van der Waals surface area contributed by atoms with E-state index in [-0.39, 0.29) is 17.4 Å². The summed E-state index contributed by atoms with van der Waals surface area (Å²) in [6, 6.07) is 15.2. The zero-order valence-corrected chi connectivity index (χ0v) is 20.3. The summed E-state index contributed by atoms with van der Waals surface area (Å²) in [6.07, 6.45) is 2.12. The molecule has 174 valence electrons. The average Bonchev–Trinajstić information content (AvgIpc) is 3.31. The number of amides is 1. The molecule has 2 aromatic heterocycles. The van der Waals surface area contributed by atoms with Crippen LogP contribution in [0.3, 0.4) is 0 Å². The van der Waals surface area contributed by atoms with Crippen molar-refractivity contribution in [3.05, 3.63) is 76.6 Å². The van der Waals surface area contributed by atoms with Crippen LogP contribution in [0.2, 0.25) is 5.02 Å². The van der Waals surface area contributed by atoms with E-state index in [0.717, 1.165) is 27.9 Å². The average molecular weight is 495 g/mol. The molecule has 0 unspecified atom stereocenters. The predicted molar refractivity (Wildman–Crippen MR) is 133 cm³/mol. The number of carbonyl (C=O) groups excluding carboxylic acids is 1. The number of benzene rings is 2. The van der Waals surface area contributed by atoms with Gasteiger partial charge in [0.05, 0.1) is 22.9 Å². The molecule has 0 aliphatic carbocycles. The molecule has 0 saturated carbocycles. The minimum atomic E-state index is -3.11. The highest BCUT2D eigenvalue weighted by Gasteiger charge is 2.31. The molecule has 0 spiro atoms. The van der Waals surface area contributed by atoms with Gasteiger partial charge in [0.1, 0.15) is 5.56 Å². The Balaban J connectivity index is 1.68. The summed E-state index contributed by atoms with van der Waals surface area (Å²) in [5, 5.41) is 8.13. The van der Waals surface area contributed by atoms with E-state index in [1.54, 1.807) is 17.6 Å². The number of carbonyl (C=O) groups is 1. The molecule has 4 aromatic rings. The van der Waals surface area contributed by atoms with Crippen molar-refractivity contribution in [1.82, 2.24) is 19.9 Å². The van der Waals surface area contributed by atoms with Crippen LogP contribution >= 0.6 is 11.6 Å². The lowest BCUT2D eigenvalue weighted by molar-refractivity contribution is 0.0942. The molecule has 1 amide bonds. The quantitative estimate of drug-likeness (QED) is 0.457.